The molecule has 1 aliphatic heterocycles. The molecule has 0 aromatic heterocycles. The van der Waals surface area contributed by atoms with Crippen molar-refractivity contribution in [2.75, 3.05) is 13.7 Å². The van der Waals surface area contributed by atoms with Gasteiger partial charge in [-0.1, -0.05) is 62.6 Å². The van der Waals surface area contributed by atoms with Gasteiger partial charge in [-0.15, -0.1) is 0 Å². The van der Waals surface area contributed by atoms with E-state index in [1.165, 1.54) is 22.3 Å². The molecule has 9 heteroatoms. The summed E-state index contributed by atoms with van der Waals surface area (Å²) in [6.45, 7) is 9.56. The van der Waals surface area contributed by atoms with Crippen LogP contribution in [0.25, 0.3) is 11.1 Å². The van der Waals surface area contributed by atoms with Gasteiger partial charge in [0.1, 0.15) is 33.4 Å². The lowest BCUT2D eigenvalue weighted by Crippen LogP contribution is -2.49. The Kier molecular flexibility index (Phi) is 10.8. The number of carbonyl (C=O) groups is 1. The molecule has 0 unspecified atom stereocenters. The van der Waals surface area contributed by atoms with Crippen LogP contribution in [0.2, 0.25) is 0 Å². The number of carbonyl (C=O) groups excluding carboxylic acids is 1. The topological polar surface area (TPSA) is 66.3 Å². The van der Waals surface area contributed by atoms with E-state index in [0.717, 1.165) is 79.1 Å². The fourth-order valence-corrected chi connectivity index (χ4v) is 6.49. The van der Waals surface area contributed by atoms with E-state index in [1.807, 2.05) is 13.8 Å². The number of hydrogen-bond acceptors (Lipinski definition) is 6. The molecule has 0 amide bonds. The predicted molar refractivity (Wildman–Crippen MR) is 183 cm³/mol. The summed E-state index contributed by atoms with van der Waals surface area (Å²) in [7, 11) is 6.64. The standard InChI is InChI=1S/C33H46B2N4O2S/c1-6-8-15-30(37-32(22-40)18-11-12-19-32)39(5)33(34,35)26-16-17-27(25(20-26)21-41-7-2)28-13-9-10-14-29(28)42-38-31-23(3)24(4)36-31/h9-10,13-14,16-17,20,22H,6-8,11-12,15,18-19,21,34-35H2,1-5H3,(H,36,38)/b37-30-. The van der Waals surface area contributed by atoms with Crippen LogP contribution in [0, 0.1) is 0 Å². The Morgan fingerprint density at radius 3 is 2.55 bits per heavy atom. The van der Waals surface area contributed by atoms with Gasteiger partial charge in [0.15, 0.2) is 0 Å². The average molecular weight is 584 g/mol. The third-order valence-corrected chi connectivity index (χ3v) is 9.78. The summed E-state index contributed by atoms with van der Waals surface area (Å²) >= 11 is 1.60. The minimum absolute atomic E-state index is 0.339. The normalized spacial score (nSPS) is 16.7. The van der Waals surface area contributed by atoms with E-state index < -0.39 is 5.54 Å². The molecule has 1 N–H and O–H groups in total. The molecule has 0 radical (unpaired) electrons. The van der Waals surface area contributed by atoms with Gasteiger partial charge in [0.25, 0.3) is 0 Å². The van der Waals surface area contributed by atoms with E-state index in [2.05, 4.69) is 93.7 Å². The van der Waals surface area contributed by atoms with Gasteiger partial charge < -0.3 is 19.2 Å². The number of benzene rings is 2. The Morgan fingerprint density at radius 1 is 1.17 bits per heavy atom. The van der Waals surface area contributed by atoms with Crippen LogP contribution in [0.3, 0.4) is 0 Å². The molecule has 1 saturated carbocycles. The maximum absolute atomic E-state index is 12.2. The summed E-state index contributed by atoms with van der Waals surface area (Å²) in [6, 6.07) is 15.3. The lowest BCUT2D eigenvalue weighted by Gasteiger charge is -2.41. The fraction of sp³-hybridized carbons (Fsp3) is 0.485. The maximum Gasteiger partial charge on any atom is 0.147 e. The summed E-state index contributed by atoms with van der Waals surface area (Å²) < 4.78 is 9.43. The second-order valence-corrected chi connectivity index (χ2v) is 12.9. The summed E-state index contributed by atoms with van der Waals surface area (Å²) in [6.07, 6.45) is 7.94. The largest absolute Gasteiger partial charge is 0.377 e. The van der Waals surface area contributed by atoms with E-state index >= 15 is 0 Å². The molecule has 0 atom stereocenters. The lowest BCUT2D eigenvalue weighted by molar-refractivity contribution is -0.112. The molecule has 0 spiro atoms. The number of allylic oxidation sites excluding steroid dienone is 1. The highest BCUT2D eigenvalue weighted by molar-refractivity contribution is 7.98. The van der Waals surface area contributed by atoms with Crippen molar-refractivity contribution in [3.63, 3.8) is 0 Å². The number of nitrogens with zero attached hydrogens (tertiary/aromatic N) is 3. The van der Waals surface area contributed by atoms with E-state index in [1.54, 1.807) is 11.9 Å². The van der Waals surface area contributed by atoms with Crippen molar-refractivity contribution in [3.05, 3.63) is 64.9 Å². The third-order valence-electron chi connectivity index (χ3n) is 8.91. The number of rotatable bonds is 13. The van der Waals surface area contributed by atoms with Crippen LogP contribution in [-0.4, -0.2) is 57.7 Å². The van der Waals surface area contributed by atoms with Crippen molar-refractivity contribution in [1.82, 2.24) is 9.62 Å². The van der Waals surface area contributed by atoms with Crippen molar-refractivity contribution < 1.29 is 9.53 Å². The highest BCUT2D eigenvalue weighted by atomic mass is 32.2. The SMILES string of the molecule is BC(B)(c1ccc(-c2ccccc2SNC2=NC(C)=C2C)c(COCC)c1)N(C)/C(CCCC)=N\C1(C=O)CCCC1. The van der Waals surface area contributed by atoms with Crippen molar-refractivity contribution in [2.24, 2.45) is 9.98 Å². The second kappa shape index (κ2) is 14.1. The number of hydrogen-bond donors (Lipinski definition) is 1. The molecule has 0 saturated heterocycles. The van der Waals surface area contributed by atoms with E-state index in [-0.39, 0.29) is 5.34 Å². The van der Waals surface area contributed by atoms with Gasteiger partial charge in [0.2, 0.25) is 0 Å². The van der Waals surface area contributed by atoms with Crippen molar-refractivity contribution in [3.8, 4) is 11.1 Å². The zero-order valence-corrected chi connectivity index (χ0v) is 27.4. The average Bonchev–Trinajstić information content (AvgIpc) is 3.48. The molecule has 1 heterocycles. The highest BCUT2D eigenvalue weighted by Crippen LogP contribution is 2.37. The number of ether oxygens (including phenoxy) is 1. The number of nitrogens with one attached hydrogen (secondary N) is 1. The molecule has 222 valence electrons. The zero-order chi connectivity index (χ0) is 30.3. The number of aliphatic imine (C=N–C) groups is 2. The molecular formula is C33H46B2N4O2S. The van der Waals surface area contributed by atoms with Gasteiger partial charge in [0, 0.05) is 41.6 Å². The number of amidine groups is 2. The van der Waals surface area contributed by atoms with Crippen LogP contribution in [-0.2, 0) is 21.5 Å². The van der Waals surface area contributed by atoms with Gasteiger partial charge in [-0.2, -0.15) is 0 Å². The van der Waals surface area contributed by atoms with Crippen LogP contribution in [0.15, 0.2) is 68.6 Å². The van der Waals surface area contributed by atoms with Crippen LogP contribution < -0.4 is 4.72 Å². The van der Waals surface area contributed by atoms with Gasteiger partial charge in [-0.25, -0.2) is 4.99 Å². The van der Waals surface area contributed by atoms with E-state index in [9.17, 15) is 4.79 Å². The lowest BCUT2D eigenvalue weighted by atomic mass is 9.56. The van der Waals surface area contributed by atoms with Crippen LogP contribution >= 0.6 is 11.9 Å². The summed E-state index contributed by atoms with van der Waals surface area (Å²) in [5, 5.41) is -0.339. The van der Waals surface area contributed by atoms with Crippen molar-refractivity contribution >= 4 is 45.6 Å². The molecule has 0 bridgehead atoms. The molecule has 6 nitrogen and oxygen atoms in total. The Labute approximate surface area is 258 Å². The first-order chi connectivity index (χ1) is 20.2. The summed E-state index contributed by atoms with van der Waals surface area (Å²) in [4.78, 5) is 25.4. The van der Waals surface area contributed by atoms with E-state index in [4.69, 9.17) is 9.73 Å². The summed E-state index contributed by atoms with van der Waals surface area (Å²) in [5.41, 5.74) is 6.42. The minimum atomic E-state index is -0.565. The predicted octanol–water partition coefficient (Wildman–Crippen LogP) is 5.60. The van der Waals surface area contributed by atoms with Crippen LogP contribution in [0.4, 0.5) is 0 Å². The van der Waals surface area contributed by atoms with Crippen molar-refractivity contribution in [1.29, 1.82) is 0 Å². The van der Waals surface area contributed by atoms with Gasteiger partial charge >= 0.3 is 0 Å². The Bertz CT molecular complexity index is 1370. The zero-order valence-electron chi connectivity index (χ0n) is 26.5. The first-order valence-corrected chi connectivity index (χ1v) is 16.3. The number of aldehydes is 1. The monoisotopic (exact) mass is 584 g/mol. The first kappa shape index (κ1) is 32.2. The van der Waals surface area contributed by atoms with Crippen molar-refractivity contribution in [2.45, 2.75) is 95.0 Å². The maximum atomic E-state index is 12.2. The minimum Gasteiger partial charge on any atom is -0.377 e. The number of unbranched alkanes of at least 4 members (excludes halogenated alkanes) is 1. The van der Waals surface area contributed by atoms with Crippen LogP contribution in [0.5, 0.6) is 0 Å². The van der Waals surface area contributed by atoms with Gasteiger partial charge in [0.05, 0.1) is 12.4 Å². The molecule has 42 heavy (non-hydrogen) atoms. The molecule has 2 aliphatic rings. The highest BCUT2D eigenvalue weighted by Gasteiger charge is 2.36. The fourth-order valence-electron chi connectivity index (χ4n) is 5.65. The quantitative estimate of drug-likeness (QED) is 0.109. The third kappa shape index (κ3) is 7.05. The summed E-state index contributed by atoms with van der Waals surface area (Å²) in [5.74, 6) is 1.97. The molecule has 2 aromatic carbocycles. The molecule has 1 fully saturated rings. The van der Waals surface area contributed by atoms with Gasteiger partial charge in [-0.05, 0) is 80.3 Å². The molecule has 2 aromatic rings. The smallest absolute Gasteiger partial charge is 0.147 e. The van der Waals surface area contributed by atoms with Crippen LogP contribution in [0.1, 0.15) is 83.8 Å². The molecule has 4 rings (SSSR count). The Balaban J connectivity index is 1.67. The van der Waals surface area contributed by atoms with E-state index in [0.29, 0.717) is 13.2 Å². The Hall–Kier alpha value is -2.77. The Morgan fingerprint density at radius 2 is 1.90 bits per heavy atom. The first-order valence-electron chi connectivity index (χ1n) is 15.4. The van der Waals surface area contributed by atoms with Gasteiger partial charge in [-0.3, -0.25) is 4.99 Å². The second-order valence-electron chi connectivity index (χ2n) is 12.1. The molecule has 1 aliphatic carbocycles. The molecular weight excluding hydrogens is 538 g/mol.